The summed E-state index contributed by atoms with van der Waals surface area (Å²) >= 11 is 0. The molecule has 2 fully saturated rings. The Morgan fingerprint density at radius 1 is 1.12 bits per heavy atom. The smallest absolute Gasteiger partial charge is 0.128 e. The van der Waals surface area contributed by atoms with E-state index in [2.05, 4.69) is 48.4 Å². The molecule has 0 unspecified atom stereocenters. The van der Waals surface area contributed by atoms with Crippen molar-refractivity contribution >= 4 is 5.82 Å². The summed E-state index contributed by atoms with van der Waals surface area (Å²) in [6.07, 6.45) is 6.84. The third kappa shape index (κ3) is 3.30. The van der Waals surface area contributed by atoms with Gasteiger partial charge in [0.1, 0.15) is 5.82 Å². The first-order valence-corrected chi connectivity index (χ1v) is 8.87. The van der Waals surface area contributed by atoms with Crippen molar-refractivity contribution < 1.29 is 0 Å². The summed E-state index contributed by atoms with van der Waals surface area (Å²) in [7, 11) is 2.07. The molecule has 0 radical (unpaired) electrons. The number of hydrogen-bond donors (Lipinski definition) is 0. The van der Waals surface area contributed by atoms with E-state index in [4.69, 9.17) is 0 Å². The van der Waals surface area contributed by atoms with Crippen LogP contribution in [0, 0.1) is 0 Å². The Kier molecular flexibility index (Phi) is 4.49. The number of nitrogens with zero attached hydrogens (tertiary/aromatic N) is 6. The molecule has 0 aliphatic carbocycles. The molecule has 0 bridgehead atoms. The first kappa shape index (κ1) is 15.6. The van der Waals surface area contributed by atoms with Gasteiger partial charge in [-0.05, 0) is 12.1 Å². The highest BCUT2D eigenvalue weighted by molar-refractivity contribution is 5.38. The average Bonchev–Trinajstić information content (AvgIpc) is 3.00. The number of hydrogen-bond acceptors (Lipinski definition) is 5. The van der Waals surface area contributed by atoms with E-state index in [9.17, 15) is 0 Å². The van der Waals surface area contributed by atoms with Gasteiger partial charge in [-0.15, -0.1) is 0 Å². The molecule has 2 saturated heterocycles. The monoisotopic (exact) mass is 326 g/mol. The first-order valence-electron chi connectivity index (χ1n) is 8.87. The lowest BCUT2D eigenvalue weighted by atomic mass is 10.1. The predicted octanol–water partition coefficient (Wildman–Crippen LogP) is 0.864. The van der Waals surface area contributed by atoms with Crippen LogP contribution in [0.4, 0.5) is 5.82 Å². The van der Waals surface area contributed by atoms with Gasteiger partial charge in [0.15, 0.2) is 0 Å². The molecule has 2 aromatic rings. The van der Waals surface area contributed by atoms with Gasteiger partial charge in [-0.25, -0.2) is 9.97 Å². The molecule has 0 aromatic carbocycles. The Balaban J connectivity index is 1.19. The number of likely N-dealkylation sites (tertiary alicyclic amines) is 1. The van der Waals surface area contributed by atoms with Crippen molar-refractivity contribution in [1.29, 1.82) is 0 Å². The standard InChI is InChI=1S/C18H26N6/c1-21-15-19-12-16(21)5-7-22-13-17(14-22)23-8-10-24(11-9-23)18-4-2-3-6-20-18/h2-4,6,12,15,17H,5,7-11,13-14H2,1H3. The molecule has 128 valence electrons. The maximum Gasteiger partial charge on any atom is 0.128 e. The molecule has 0 atom stereocenters. The minimum atomic E-state index is 0.738. The molecular weight excluding hydrogens is 300 g/mol. The van der Waals surface area contributed by atoms with E-state index >= 15 is 0 Å². The number of anilines is 1. The topological polar surface area (TPSA) is 40.4 Å². The summed E-state index contributed by atoms with van der Waals surface area (Å²) in [4.78, 5) is 16.3. The van der Waals surface area contributed by atoms with E-state index in [-0.39, 0.29) is 0 Å². The fourth-order valence-corrected chi connectivity index (χ4v) is 3.71. The summed E-state index contributed by atoms with van der Waals surface area (Å²) in [5.41, 5.74) is 1.32. The molecule has 4 heterocycles. The Morgan fingerprint density at radius 2 is 1.96 bits per heavy atom. The van der Waals surface area contributed by atoms with Crippen LogP contribution in [0.25, 0.3) is 0 Å². The zero-order valence-corrected chi connectivity index (χ0v) is 14.4. The molecule has 0 spiro atoms. The molecule has 0 amide bonds. The third-order valence-electron chi connectivity index (χ3n) is 5.34. The Bertz CT molecular complexity index is 641. The van der Waals surface area contributed by atoms with Gasteiger partial charge in [0.25, 0.3) is 0 Å². The lowest BCUT2D eigenvalue weighted by Crippen LogP contribution is -2.63. The average molecular weight is 326 g/mol. The molecule has 0 saturated carbocycles. The van der Waals surface area contributed by atoms with Gasteiger partial charge in [-0.2, -0.15) is 0 Å². The van der Waals surface area contributed by atoms with Gasteiger partial charge in [-0.3, -0.25) is 9.80 Å². The van der Waals surface area contributed by atoms with Crippen LogP contribution in [0.1, 0.15) is 5.69 Å². The molecule has 6 heteroatoms. The third-order valence-corrected chi connectivity index (χ3v) is 5.34. The molecule has 0 N–H and O–H groups in total. The van der Waals surface area contributed by atoms with Crippen LogP contribution in [0.5, 0.6) is 0 Å². The Labute approximate surface area is 143 Å². The first-order chi connectivity index (χ1) is 11.8. The summed E-state index contributed by atoms with van der Waals surface area (Å²) in [6.45, 7) is 8.03. The molecule has 6 nitrogen and oxygen atoms in total. The van der Waals surface area contributed by atoms with Crippen LogP contribution in [-0.4, -0.2) is 76.2 Å². The fraction of sp³-hybridized carbons (Fsp3) is 0.556. The second kappa shape index (κ2) is 6.91. The van der Waals surface area contributed by atoms with Crippen LogP contribution >= 0.6 is 0 Å². The van der Waals surface area contributed by atoms with Gasteiger partial charge < -0.3 is 9.47 Å². The lowest BCUT2D eigenvalue weighted by molar-refractivity contribution is 0.0314. The quantitative estimate of drug-likeness (QED) is 0.815. The minimum absolute atomic E-state index is 0.738. The van der Waals surface area contributed by atoms with Gasteiger partial charge in [0, 0.05) is 83.4 Å². The number of rotatable bonds is 5. The van der Waals surface area contributed by atoms with Crippen molar-refractivity contribution in [3.8, 4) is 0 Å². The second-order valence-electron chi connectivity index (χ2n) is 6.87. The zero-order valence-electron chi connectivity index (χ0n) is 14.4. The highest BCUT2D eigenvalue weighted by atomic mass is 15.4. The van der Waals surface area contributed by atoms with Gasteiger partial charge in [-0.1, -0.05) is 6.07 Å². The lowest BCUT2D eigenvalue weighted by Gasteiger charge is -2.48. The molecule has 2 aliphatic rings. The molecule has 2 aromatic heterocycles. The van der Waals surface area contributed by atoms with E-state index in [1.807, 2.05) is 24.8 Å². The van der Waals surface area contributed by atoms with E-state index in [1.54, 1.807) is 0 Å². The highest BCUT2D eigenvalue weighted by Crippen LogP contribution is 2.19. The number of pyridine rings is 1. The van der Waals surface area contributed by atoms with Crippen molar-refractivity contribution in [2.45, 2.75) is 12.5 Å². The van der Waals surface area contributed by atoms with E-state index in [1.165, 1.54) is 18.8 Å². The van der Waals surface area contributed by atoms with Gasteiger partial charge >= 0.3 is 0 Å². The highest BCUT2D eigenvalue weighted by Gasteiger charge is 2.33. The summed E-state index contributed by atoms with van der Waals surface area (Å²) in [5.74, 6) is 1.11. The predicted molar refractivity (Wildman–Crippen MR) is 95.2 cm³/mol. The van der Waals surface area contributed by atoms with Gasteiger partial charge in [0.2, 0.25) is 0 Å². The number of imidazole rings is 1. The SMILES string of the molecule is Cn1cncc1CCN1CC(N2CCN(c3ccccn3)CC2)C1. The molecule has 2 aliphatic heterocycles. The van der Waals surface area contributed by atoms with Crippen molar-refractivity contribution in [3.63, 3.8) is 0 Å². The van der Waals surface area contributed by atoms with Crippen LogP contribution in [0.15, 0.2) is 36.9 Å². The normalized spacial score (nSPS) is 20.3. The molecular formula is C18H26N6. The Morgan fingerprint density at radius 3 is 2.62 bits per heavy atom. The van der Waals surface area contributed by atoms with E-state index in [0.717, 1.165) is 51.0 Å². The van der Waals surface area contributed by atoms with E-state index in [0.29, 0.717) is 0 Å². The number of piperazine rings is 1. The van der Waals surface area contributed by atoms with Crippen LogP contribution in [0.3, 0.4) is 0 Å². The van der Waals surface area contributed by atoms with E-state index < -0.39 is 0 Å². The largest absolute Gasteiger partial charge is 0.354 e. The van der Waals surface area contributed by atoms with Crippen LogP contribution in [-0.2, 0) is 13.5 Å². The zero-order chi connectivity index (χ0) is 16.4. The van der Waals surface area contributed by atoms with Crippen molar-refractivity contribution in [3.05, 3.63) is 42.6 Å². The second-order valence-corrected chi connectivity index (χ2v) is 6.87. The minimum Gasteiger partial charge on any atom is -0.354 e. The Hall–Kier alpha value is -1.92. The summed E-state index contributed by atoms with van der Waals surface area (Å²) in [6, 6.07) is 6.90. The van der Waals surface area contributed by atoms with Crippen LogP contribution < -0.4 is 4.90 Å². The number of aryl methyl sites for hydroxylation is 1. The summed E-state index contributed by atoms with van der Waals surface area (Å²) in [5, 5.41) is 0. The maximum absolute atomic E-state index is 4.47. The van der Waals surface area contributed by atoms with Gasteiger partial charge in [0.05, 0.1) is 6.33 Å². The van der Waals surface area contributed by atoms with Crippen molar-refractivity contribution in [2.75, 3.05) is 50.7 Å². The summed E-state index contributed by atoms with van der Waals surface area (Å²) < 4.78 is 2.12. The molecule has 4 rings (SSSR count). The number of aromatic nitrogens is 3. The fourth-order valence-electron chi connectivity index (χ4n) is 3.71. The molecule has 24 heavy (non-hydrogen) atoms. The maximum atomic E-state index is 4.47. The van der Waals surface area contributed by atoms with Crippen molar-refractivity contribution in [1.82, 2.24) is 24.3 Å². The van der Waals surface area contributed by atoms with Crippen LogP contribution in [0.2, 0.25) is 0 Å². The van der Waals surface area contributed by atoms with Crippen molar-refractivity contribution in [2.24, 2.45) is 7.05 Å².